The Labute approximate surface area is 378 Å². The fourth-order valence-electron chi connectivity index (χ4n) is 9.43. The average Bonchev–Trinajstić information content (AvgIpc) is 3.40. The molecule has 8 rings (SSSR count). The number of fused-ring (bicyclic) bond motifs is 1. The number of halogens is 1. The van der Waals surface area contributed by atoms with Gasteiger partial charge in [-0.2, -0.15) is 0 Å². The van der Waals surface area contributed by atoms with Crippen molar-refractivity contribution in [2.24, 2.45) is 41.4 Å². The molecule has 0 radical (unpaired) electrons. The van der Waals surface area contributed by atoms with Gasteiger partial charge < -0.3 is 49.4 Å². The molecule has 1 aromatic heterocycles. The van der Waals surface area contributed by atoms with E-state index in [4.69, 9.17) is 61.0 Å². The van der Waals surface area contributed by atoms with Gasteiger partial charge in [-0.05, 0) is 66.0 Å². The molecule has 0 atom stereocenters. The van der Waals surface area contributed by atoms with Crippen LogP contribution >= 0.6 is 11.6 Å². The molecule has 15 nitrogen and oxygen atoms in total. The summed E-state index contributed by atoms with van der Waals surface area (Å²) < 4.78 is 96.1. The maximum absolute atomic E-state index is 7.89. The first kappa shape index (κ1) is 49.1. The highest BCUT2D eigenvalue weighted by molar-refractivity contribution is 7.03. The second kappa shape index (κ2) is 18.0. The highest BCUT2D eigenvalue weighted by Gasteiger charge is 2.83. The summed E-state index contributed by atoms with van der Waals surface area (Å²) in [6.07, 6.45) is 0.559. The molecule has 6 aliphatic heterocycles. The molecule has 0 saturated carbocycles. The Bertz CT molecular complexity index is 1710. The number of hydrogen-bond donors (Lipinski definition) is 0. The Morgan fingerprint density at radius 1 is 0.443 bits per heavy atom. The van der Waals surface area contributed by atoms with Crippen LogP contribution in [0.1, 0.15) is 103 Å². The standard InChI is InChI=1S/C37H72ClN3O12Si8/c1-28(2)21-55-42-54(19-15-18-41-37-17-16-35(38)20-36(37)39-40-41)43-56(22-29(3)4)47-58(45-55,24-31(7)8)51-61(27-34(13)14)52-59(46-55,25-32(9)10)48-57(44-54,23-30(5)6)50-60(49-56,53-61)26-33(11)12/h16-17,20,28-34H,15,18-19,21-27H2,1-14H3. The highest BCUT2D eigenvalue weighted by atomic mass is 35.5. The maximum Gasteiger partial charge on any atom is 0.479 e. The normalized spacial score (nSPS) is 37.5. The first-order valence-corrected chi connectivity index (χ1v) is 38.6. The summed E-state index contributed by atoms with van der Waals surface area (Å²) in [5.74, 6) is 0.692. The Morgan fingerprint density at radius 3 is 1.00 bits per heavy atom. The second-order valence-corrected chi connectivity index (χ2v) is 45.4. The van der Waals surface area contributed by atoms with E-state index in [1.807, 2.05) is 22.9 Å². The van der Waals surface area contributed by atoms with E-state index in [0.717, 1.165) is 11.0 Å². The summed E-state index contributed by atoms with van der Waals surface area (Å²) in [4.78, 5) is 0. The van der Waals surface area contributed by atoms with Crippen LogP contribution in [-0.4, -0.2) is 85.4 Å². The molecule has 0 spiro atoms. The molecule has 24 heteroatoms. The third kappa shape index (κ3) is 11.0. The van der Waals surface area contributed by atoms with Crippen LogP contribution in [0, 0.1) is 41.4 Å². The molecule has 6 saturated heterocycles. The van der Waals surface area contributed by atoms with Gasteiger partial charge in [0.1, 0.15) is 5.52 Å². The molecule has 6 fully saturated rings. The topological polar surface area (TPSA) is 141 Å². The van der Waals surface area contributed by atoms with Gasteiger partial charge in [-0.15, -0.1) is 5.10 Å². The number of hydrogen-bond acceptors (Lipinski definition) is 14. The molecule has 2 aromatic rings. The van der Waals surface area contributed by atoms with Crippen LogP contribution in [0.4, 0.5) is 0 Å². The lowest BCUT2D eigenvalue weighted by Crippen LogP contribution is -2.88. The third-order valence-corrected chi connectivity index (χ3v) is 50.9. The van der Waals surface area contributed by atoms with Gasteiger partial charge in [0.25, 0.3) is 0 Å². The lowest BCUT2D eigenvalue weighted by atomic mass is 10.3. The van der Waals surface area contributed by atoms with Gasteiger partial charge in [0.2, 0.25) is 0 Å². The Kier molecular flexibility index (Phi) is 14.5. The SMILES string of the molecule is CC(C)C[Si]12O[Si]3(CCCn4nnc5cc(Cl)ccc54)O[Si]4(CC(C)C)O[Si](CC(C)C)(O1)O[Si]1(CC(C)C)O[Si](CC(C)C)(O2)O[Si](CC(C)C)(O3)O[Si](CC(C)C)(O4)O1. The van der Waals surface area contributed by atoms with Gasteiger partial charge >= 0.3 is 70.4 Å². The number of nitrogens with zero attached hydrogens (tertiary/aromatic N) is 3. The van der Waals surface area contributed by atoms with E-state index >= 15 is 0 Å². The van der Waals surface area contributed by atoms with Gasteiger partial charge in [-0.1, -0.05) is 114 Å². The van der Waals surface area contributed by atoms with Crippen molar-refractivity contribution in [2.75, 3.05) is 0 Å². The highest BCUT2D eigenvalue weighted by Crippen LogP contribution is 2.56. The molecule has 7 heterocycles. The quantitative estimate of drug-likeness (QED) is 0.131. The van der Waals surface area contributed by atoms with E-state index < -0.39 is 70.4 Å². The number of aryl methyl sites for hydroxylation is 1. The predicted molar refractivity (Wildman–Crippen MR) is 249 cm³/mol. The molecule has 61 heavy (non-hydrogen) atoms. The first-order chi connectivity index (χ1) is 28.4. The van der Waals surface area contributed by atoms with E-state index in [1.54, 1.807) is 0 Å². The van der Waals surface area contributed by atoms with Crippen molar-refractivity contribution in [3.05, 3.63) is 23.2 Å². The molecule has 0 amide bonds. The summed E-state index contributed by atoms with van der Waals surface area (Å²) in [5, 5.41) is 9.55. The van der Waals surface area contributed by atoms with E-state index in [1.165, 1.54) is 0 Å². The van der Waals surface area contributed by atoms with E-state index in [2.05, 4.69) is 107 Å². The zero-order valence-electron chi connectivity index (χ0n) is 39.0. The lowest BCUT2D eigenvalue weighted by molar-refractivity contribution is -0.0341. The molecular formula is C37H72ClN3O12Si8. The summed E-state index contributed by atoms with van der Waals surface area (Å²) in [5.41, 5.74) is 1.61. The predicted octanol–water partition coefficient (Wildman–Crippen LogP) is 9.85. The van der Waals surface area contributed by atoms with Crippen molar-refractivity contribution in [1.82, 2.24) is 15.0 Å². The van der Waals surface area contributed by atoms with Crippen molar-refractivity contribution < 1.29 is 49.4 Å². The third-order valence-electron chi connectivity index (χ3n) is 10.7. The minimum Gasteiger partial charge on any atom is -0.373 e. The second-order valence-electron chi connectivity index (χ2n) is 20.9. The summed E-state index contributed by atoms with van der Waals surface area (Å²) in [6, 6.07) is 9.24. The van der Waals surface area contributed by atoms with Crippen molar-refractivity contribution in [3.63, 3.8) is 0 Å². The van der Waals surface area contributed by atoms with Gasteiger partial charge in [0.15, 0.2) is 0 Å². The number of benzene rings is 1. The van der Waals surface area contributed by atoms with Gasteiger partial charge in [0.05, 0.1) is 5.52 Å². The zero-order chi connectivity index (χ0) is 44.4. The van der Waals surface area contributed by atoms with E-state index in [9.17, 15) is 0 Å². The first-order valence-electron chi connectivity index (χ1n) is 22.8. The van der Waals surface area contributed by atoms with Gasteiger partial charge in [0, 0.05) is 59.9 Å². The maximum atomic E-state index is 7.89. The fourth-order valence-corrected chi connectivity index (χ4v) is 61.2. The van der Waals surface area contributed by atoms with Gasteiger partial charge in [-0.25, -0.2) is 4.68 Å². The summed E-state index contributed by atoms with van der Waals surface area (Å²) in [7, 11) is -31.9. The van der Waals surface area contributed by atoms with Crippen LogP contribution in [0.25, 0.3) is 11.0 Å². The van der Waals surface area contributed by atoms with E-state index in [0.29, 0.717) is 66.3 Å². The minimum atomic E-state index is -4.08. The zero-order valence-corrected chi connectivity index (χ0v) is 47.7. The molecule has 6 aliphatic rings. The lowest BCUT2D eigenvalue weighted by Gasteiger charge is -2.64. The number of rotatable bonds is 18. The monoisotopic (exact) mass is 1010 g/mol. The molecule has 0 unspecified atom stereocenters. The van der Waals surface area contributed by atoms with Crippen LogP contribution < -0.4 is 0 Å². The van der Waals surface area contributed by atoms with Crippen molar-refractivity contribution in [3.8, 4) is 0 Å². The van der Waals surface area contributed by atoms with Gasteiger partial charge in [-0.3, -0.25) is 0 Å². The molecule has 346 valence electrons. The Balaban J connectivity index is 1.52. The minimum absolute atomic E-state index is 0.0881. The summed E-state index contributed by atoms with van der Waals surface area (Å²) >= 11 is 6.34. The fraction of sp³-hybridized carbons (Fsp3) is 0.838. The Morgan fingerprint density at radius 2 is 0.721 bits per heavy atom. The van der Waals surface area contributed by atoms with Crippen molar-refractivity contribution >= 4 is 93.1 Å². The molecule has 1 aromatic carbocycles. The summed E-state index contributed by atoms with van der Waals surface area (Å²) in [6.45, 7) is 30.8. The molecule has 0 N–H and O–H groups in total. The molecule has 0 aliphatic carbocycles. The van der Waals surface area contributed by atoms with E-state index in [-0.39, 0.29) is 41.4 Å². The largest absolute Gasteiger partial charge is 0.479 e. The van der Waals surface area contributed by atoms with Crippen LogP contribution in [0.5, 0.6) is 0 Å². The molecule has 8 bridgehead atoms. The van der Waals surface area contributed by atoms with Crippen LogP contribution in [0.3, 0.4) is 0 Å². The molecular weight excluding hydrogens is 939 g/mol. The van der Waals surface area contributed by atoms with Crippen molar-refractivity contribution in [1.29, 1.82) is 0 Å². The number of aromatic nitrogens is 3. The average molecular weight is 1010 g/mol. The van der Waals surface area contributed by atoms with Crippen LogP contribution in [-0.2, 0) is 55.9 Å². The Hall–Kier alpha value is 0.165. The smallest absolute Gasteiger partial charge is 0.373 e. The van der Waals surface area contributed by atoms with Crippen LogP contribution in [0.15, 0.2) is 18.2 Å². The van der Waals surface area contributed by atoms with Crippen LogP contribution in [0.2, 0.25) is 53.4 Å². The van der Waals surface area contributed by atoms with Crippen molar-refractivity contribution in [2.45, 2.75) is 158 Å².